The van der Waals surface area contributed by atoms with Crippen molar-refractivity contribution >= 4 is 23.2 Å². The van der Waals surface area contributed by atoms with E-state index < -0.39 is 0 Å². The van der Waals surface area contributed by atoms with Gasteiger partial charge in [-0.2, -0.15) is 0 Å². The number of benzene rings is 2. The zero-order valence-corrected chi connectivity index (χ0v) is 17.4. The number of amides is 2. The lowest BCUT2D eigenvalue weighted by atomic mass is 10.2. The molecule has 4 rings (SSSR count). The molecule has 160 valence electrons. The molecule has 1 fully saturated rings. The van der Waals surface area contributed by atoms with Crippen LogP contribution in [0.5, 0.6) is 0 Å². The summed E-state index contributed by atoms with van der Waals surface area (Å²) < 4.78 is 7.09. The van der Waals surface area contributed by atoms with Crippen molar-refractivity contribution in [2.75, 3.05) is 50.1 Å². The number of nitrogens with one attached hydrogen (secondary N) is 1. The van der Waals surface area contributed by atoms with Crippen molar-refractivity contribution in [2.24, 2.45) is 0 Å². The van der Waals surface area contributed by atoms with E-state index in [4.69, 9.17) is 4.74 Å². The number of nitrogens with zero attached hydrogens (tertiary/aromatic N) is 4. The van der Waals surface area contributed by atoms with Crippen LogP contribution in [0.15, 0.2) is 67.1 Å². The van der Waals surface area contributed by atoms with E-state index in [-0.39, 0.29) is 18.4 Å². The first-order chi connectivity index (χ1) is 15.1. The highest BCUT2D eigenvalue weighted by Crippen LogP contribution is 2.19. The maximum atomic E-state index is 12.9. The number of carbonyl (C=O) groups is 2. The number of imidazole rings is 1. The van der Waals surface area contributed by atoms with Crippen LogP contribution in [0.4, 0.5) is 11.4 Å². The number of morpholine rings is 1. The molecule has 2 amide bonds. The fourth-order valence-electron chi connectivity index (χ4n) is 3.51. The largest absolute Gasteiger partial charge is 0.378 e. The summed E-state index contributed by atoms with van der Waals surface area (Å²) in [5, 5.41) is 2.85. The highest BCUT2D eigenvalue weighted by atomic mass is 16.5. The van der Waals surface area contributed by atoms with Crippen molar-refractivity contribution in [2.45, 2.75) is 0 Å². The third-order valence-corrected chi connectivity index (χ3v) is 5.15. The van der Waals surface area contributed by atoms with Gasteiger partial charge in [-0.3, -0.25) is 14.2 Å². The van der Waals surface area contributed by atoms with E-state index in [1.54, 1.807) is 17.9 Å². The Kier molecular flexibility index (Phi) is 6.28. The van der Waals surface area contributed by atoms with Crippen molar-refractivity contribution in [3.05, 3.63) is 72.8 Å². The summed E-state index contributed by atoms with van der Waals surface area (Å²) in [6.45, 7) is 3.10. The van der Waals surface area contributed by atoms with Crippen LogP contribution >= 0.6 is 0 Å². The maximum Gasteiger partial charge on any atom is 0.272 e. The summed E-state index contributed by atoms with van der Waals surface area (Å²) in [5.74, 6) is -0.542. The summed E-state index contributed by atoms with van der Waals surface area (Å²) in [6, 6.07) is 17.2. The van der Waals surface area contributed by atoms with Gasteiger partial charge in [0.2, 0.25) is 5.91 Å². The zero-order valence-electron chi connectivity index (χ0n) is 17.4. The Morgan fingerprint density at radius 1 is 1.03 bits per heavy atom. The maximum absolute atomic E-state index is 12.9. The van der Waals surface area contributed by atoms with E-state index in [2.05, 4.69) is 15.2 Å². The third kappa shape index (κ3) is 4.92. The number of likely N-dealkylation sites (N-methyl/N-ethyl adjacent to an activating group) is 1. The molecule has 1 aliphatic rings. The molecule has 1 N–H and O–H groups in total. The molecule has 0 unspecified atom stereocenters. The van der Waals surface area contributed by atoms with E-state index in [0.29, 0.717) is 11.4 Å². The SMILES string of the molecule is CN(CC(=O)Nc1ccc(N2CCOCC2)cc1)C(=O)c1cncn1-c1ccccc1. The summed E-state index contributed by atoms with van der Waals surface area (Å²) in [6.07, 6.45) is 3.10. The molecular formula is C23H25N5O3. The molecule has 8 nitrogen and oxygen atoms in total. The first-order valence-electron chi connectivity index (χ1n) is 10.2. The summed E-state index contributed by atoms with van der Waals surface area (Å²) in [7, 11) is 1.60. The van der Waals surface area contributed by atoms with E-state index in [1.807, 2.05) is 54.6 Å². The van der Waals surface area contributed by atoms with Gasteiger partial charge in [0.15, 0.2) is 0 Å². The van der Waals surface area contributed by atoms with Gasteiger partial charge in [0.1, 0.15) is 5.69 Å². The average Bonchev–Trinajstić information content (AvgIpc) is 3.30. The smallest absolute Gasteiger partial charge is 0.272 e. The molecule has 31 heavy (non-hydrogen) atoms. The predicted molar refractivity (Wildman–Crippen MR) is 119 cm³/mol. The van der Waals surface area contributed by atoms with Crippen molar-refractivity contribution in [3.8, 4) is 5.69 Å². The van der Waals surface area contributed by atoms with E-state index in [1.165, 1.54) is 11.1 Å². The minimum atomic E-state index is -0.279. The van der Waals surface area contributed by atoms with Crippen LogP contribution in [-0.2, 0) is 9.53 Å². The first kappa shape index (κ1) is 20.6. The van der Waals surface area contributed by atoms with Gasteiger partial charge in [-0.05, 0) is 36.4 Å². The van der Waals surface area contributed by atoms with Gasteiger partial charge in [-0.25, -0.2) is 4.98 Å². The molecule has 0 saturated carbocycles. The van der Waals surface area contributed by atoms with Gasteiger partial charge in [0, 0.05) is 37.2 Å². The lowest BCUT2D eigenvalue weighted by Gasteiger charge is -2.28. The number of para-hydroxylation sites is 1. The second kappa shape index (κ2) is 9.44. The van der Waals surface area contributed by atoms with E-state index in [0.717, 1.165) is 37.7 Å². The minimum Gasteiger partial charge on any atom is -0.378 e. The quantitative estimate of drug-likeness (QED) is 0.664. The number of hydrogen-bond acceptors (Lipinski definition) is 5. The Morgan fingerprint density at radius 3 is 2.45 bits per heavy atom. The van der Waals surface area contributed by atoms with Crippen LogP contribution in [0.25, 0.3) is 5.69 Å². The highest BCUT2D eigenvalue weighted by Gasteiger charge is 2.19. The first-order valence-corrected chi connectivity index (χ1v) is 10.2. The van der Waals surface area contributed by atoms with Gasteiger partial charge in [-0.1, -0.05) is 18.2 Å². The van der Waals surface area contributed by atoms with Gasteiger partial charge in [0.05, 0.1) is 32.3 Å². The van der Waals surface area contributed by atoms with Crippen molar-refractivity contribution in [1.29, 1.82) is 0 Å². The number of carbonyl (C=O) groups excluding carboxylic acids is 2. The van der Waals surface area contributed by atoms with Crippen molar-refractivity contribution in [1.82, 2.24) is 14.5 Å². The van der Waals surface area contributed by atoms with Gasteiger partial charge >= 0.3 is 0 Å². The normalized spacial score (nSPS) is 13.6. The van der Waals surface area contributed by atoms with Crippen LogP contribution < -0.4 is 10.2 Å². The van der Waals surface area contributed by atoms with Crippen molar-refractivity contribution in [3.63, 3.8) is 0 Å². The molecule has 0 spiro atoms. The van der Waals surface area contributed by atoms with E-state index >= 15 is 0 Å². The topological polar surface area (TPSA) is 79.7 Å². The van der Waals surface area contributed by atoms with Crippen LogP contribution in [0, 0.1) is 0 Å². The van der Waals surface area contributed by atoms with Crippen LogP contribution in [0.1, 0.15) is 10.5 Å². The van der Waals surface area contributed by atoms with Gasteiger partial charge < -0.3 is 19.9 Å². The van der Waals surface area contributed by atoms with Crippen LogP contribution in [0.2, 0.25) is 0 Å². The number of anilines is 2. The Morgan fingerprint density at radius 2 is 1.74 bits per heavy atom. The zero-order chi connectivity index (χ0) is 21.6. The Balaban J connectivity index is 1.36. The monoisotopic (exact) mass is 419 g/mol. The lowest BCUT2D eigenvalue weighted by Crippen LogP contribution is -2.36. The summed E-state index contributed by atoms with van der Waals surface area (Å²) in [4.78, 5) is 33.1. The fourth-order valence-corrected chi connectivity index (χ4v) is 3.51. The fraction of sp³-hybridized carbons (Fsp3) is 0.261. The molecule has 1 aliphatic heterocycles. The second-order valence-electron chi connectivity index (χ2n) is 7.34. The predicted octanol–water partition coefficient (Wildman–Crippen LogP) is 2.42. The molecule has 2 heterocycles. The summed E-state index contributed by atoms with van der Waals surface area (Å²) in [5.41, 5.74) is 3.03. The number of rotatable bonds is 6. The average molecular weight is 419 g/mol. The Labute approximate surface area is 181 Å². The van der Waals surface area contributed by atoms with Crippen molar-refractivity contribution < 1.29 is 14.3 Å². The lowest BCUT2D eigenvalue weighted by molar-refractivity contribution is -0.116. The Bertz CT molecular complexity index is 1030. The molecule has 3 aromatic rings. The van der Waals surface area contributed by atoms with Crippen LogP contribution in [-0.4, -0.2) is 66.2 Å². The van der Waals surface area contributed by atoms with E-state index in [9.17, 15) is 9.59 Å². The molecular weight excluding hydrogens is 394 g/mol. The van der Waals surface area contributed by atoms with Gasteiger partial charge in [-0.15, -0.1) is 0 Å². The molecule has 0 aliphatic carbocycles. The number of aromatic nitrogens is 2. The molecule has 2 aromatic carbocycles. The van der Waals surface area contributed by atoms with Crippen LogP contribution in [0.3, 0.4) is 0 Å². The second-order valence-corrected chi connectivity index (χ2v) is 7.34. The minimum absolute atomic E-state index is 0.0655. The third-order valence-electron chi connectivity index (χ3n) is 5.15. The number of hydrogen-bond donors (Lipinski definition) is 1. The molecule has 8 heteroatoms. The molecule has 0 radical (unpaired) electrons. The summed E-state index contributed by atoms with van der Waals surface area (Å²) >= 11 is 0. The molecule has 1 aromatic heterocycles. The molecule has 0 bridgehead atoms. The number of ether oxygens (including phenoxy) is 1. The van der Waals surface area contributed by atoms with Gasteiger partial charge in [0.25, 0.3) is 5.91 Å². The molecule has 1 saturated heterocycles. The standard InChI is InChI=1S/C23H25N5O3/c1-26(23(30)21-15-24-17-28(21)20-5-3-2-4-6-20)16-22(29)25-18-7-9-19(10-8-18)27-11-13-31-14-12-27/h2-10,15,17H,11-14,16H2,1H3,(H,25,29). The molecule has 0 atom stereocenters. The highest BCUT2D eigenvalue weighted by molar-refractivity contribution is 5.98. The Hall–Kier alpha value is -3.65.